The Labute approximate surface area is 144 Å². The van der Waals surface area contributed by atoms with Crippen molar-refractivity contribution in [2.24, 2.45) is 11.8 Å². The number of nitrogens with zero attached hydrogens (tertiary/aromatic N) is 1. The van der Waals surface area contributed by atoms with Crippen molar-refractivity contribution in [1.82, 2.24) is 9.88 Å². The maximum absolute atomic E-state index is 12.6. The maximum atomic E-state index is 12.6. The number of carbonyl (C=O) groups is 1. The van der Waals surface area contributed by atoms with Crippen molar-refractivity contribution in [2.75, 3.05) is 19.7 Å². The van der Waals surface area contributed by atoms with Crippen LogP contribution in [0.1, 0.15) is 30.1 Å². The number of benzene rings is 1. The van der Waals surface area contributed by atoms with Gasteiger partial charge in [0, 0.05) is 34.5 Å². The van der Waals surface area contributed by atoms with Crippen LogP contribution in [0, 0.1) is 11.8 Å². The van der Waals surface area contributed by atoms with Crippen LogP contribution in [0.5, 0.6) is 0 Å². The van der Waals surface area contributed by atoms with Gasteiger partial charge in [0.25, 0.3) is 0 Å². The van der Waals surface area contributed by atoms with Crippen LogP contribution < -0.4 is 0 Å². The standard InChI is InChI=1S/C19H20N2O4/c22-17(23)18-9-25-19(24)11-5-7-21(8-6-13(18)19)15(11)14-10-3-1-2-4-12(10)20-16(14)18/h1-4,11,13,15,20,24H,5-9H2,(H,22,23)/t11?,13-,15+,18-,19-/m0/s1. The van der Waals surface area contributed by atoms with E-state index in [0.29, 0.717) is 6.42 Å². The van der Waals surface area contributed by atoms with Gasteiger partial charge in [0.15, 0.2) is 5.79 Å². The molecule has 3 saturated heterocycles. The zero-order valence-electron chi connectivity index (χ0n) is 13.7. The van der Waals surface area contributed by atoms with Crippen molar-refractivity contribution in [3.8, 4) is 0 Å². The molecule has 3 N–H and O–H groups in total. The van der Waals surface area contributed by atoms with Crippen LogP contribution in [0.2, 0.25) is 0 Å². The number of ether oxygens (including phenoxy) is 1. The fourth-order valence-corrected chi connectivity index (χ4v) is 6.21. The van der Waals surface area contributed by atoms with Gasteiger partial charge in [-0.05, 0) is 37.6 Å². The van der Waals surface area contributed by atoms with Crippen LogP contribution in [0.25, 0.3) is 10.9 Å². The Morgan fingerprint density at radius 2 is 2.08 bits per heavy atom. The zero-order chi connectivity index (χ0) is 17.0. The van der Waals surface area contributed by atoms with Gasteiger partial charge in [-0.25, -0.2) is 0 Å². The summed E-state index contributed by atoms with van der Waals surface area (Å²) in [4.78, 5) is 18.4. The molecular formula is C19H20N2O4. The molecule has 6 atom stereocenters. The second-order valence-corrected chi connectivity index (χ2v) is 7.99. The number of carboxylic acid groups (broad SMARTS) is 1. The summed E-state index contributed by atoms with van der Waals surface area (Å²) in [6.45, 7) is 1.77. The minimum absolute atomic E-state index is 0.0164. The first kappa shape index (κ1) is 14.3. The van der Waals surface area contributed by atoms with Crippen LogP contribution >= 0.6 is 0 Å². The molecule has 25 heavy (non-hydrogen) atoms. The number of nitrogens with one attached hydrogen (secondary N) is 1. The summed E-state index contributed by atoms with van der Waals surface area (Å²) >= 11 is 0. The highest BCUT2D eigenvalue weighted by atomic mass is 16.6. The molecule has 1 aliphatic carbocycles. The molecule has 6 nitrogen and oxygen atoms in total. The molecule has 0 radical (unpaired) electrons. The summed E-state index contributed by atoms with van der Waals surface area (Å²) in [5.74, 6) is -2.75. The van der Waals surface area contributed by atoms with Crippen LogP contribution in [0.3, 0.4) is 0 Å². The third kappa shape index (κ3) is 1.39. The first-order valence-electron chi connectivity index (χ1n) is 9.02. The summed E-state index contributed by atoms with van der Waals surface area (Å²) in [6, 6.07) is 8.05. The first-order valence-corrected chi connectivity index (χ1v) is 9.02. The molecule has 0 spiro atoms. The predicted octanol–water partition coefficient (Wildman–Crippen LogP) is 1.61. The van der Waals surface area contributed by atoms with Crippen molar-refractivity contribution in [1.29, 1.82) is 0 Å². The monoisotopic (exact) mass is 340 g/mol. The molecule has 130 valence electrons. The van der Waals surface area contributed by atoms with Crippen molar-refractivity contribution in [3.63, 3.8) is 0 Å². The molecule has 2 aromatic rings. The van der Waals surface area contributed by atoms with E-state index in [-0.39, 0.29) is 18.6 Å². The van der Waals surface area contributed by atoms with Gasteiger partial charge in [0.05, 0.1) is 6.61 Å². The molecule has 4 heterocycles. The average Bonchev–Trinajstić information content (AvgIpc) is 3.19. The van der Waals surface area contributed by atoms with Gasteiger partial charge in [-0.1, -0.05) is 18.2 Å². The van der Waals surface area contributed by atoms with Crippen molar-refractivity contribution in [2.45, 2.75) is 30.1 Å². The molecule has 6 heteroatoms. The van der Waals surface area contributed by atoms with Gasteiger partial charge >= 0.3 is 5.97 Å². The fourth-order valence-electron chi connectivity index (χ4n) is 6.21. The molecule has 1 aromatic carbocycles. The van der Waals surface area contributed by atoms with Gasteiger partial charge in [0.1, 0.15) is 5.41 Å². The van der Waals surface area contributed by atoms with E-state index in [2.05, 4.69) is 16.0 Å². The number of hydrogen-bond acceptors (Lipinski definition) is 4. The number of aliphatic hydroxyl groups is 1. The predicted molar refractivity (Wildman–Crippen MR) is 89.0 cm³/mol. The normalized spacial score (nSPS) is 43.9. The summed E-state index contributed by atoms with van der Waals surface area (Å²) in [5, 5.41) is 22.9. The van der Waals surface area contributed by atoms with Crippen molar-refractivity contribution in [3.05, 3.63) is 35.5 Å². The number of fused-ring (bicyclic) bond motifs is 4. The molecule has 0 saturated carbocycles. The smallest absolute Gasteiger partial charge is 0.318 e. The second-order valence-electron chi connectivity index (χ2n) is 7.99. The Hall–Kier alpha value is -1.89. The SMILES string of the molecule is O=C(O)[C@@]12CO[C@@]3(O)C4CCN(CC[C@H]31)[C@H]4c1c2[nH]c2ccccc12. The minimum atomic E-state index is -1.35. The lowest BCUT2D eigenvalue weighted by Gasteiger charge is -2.36. The van der Waals surface area contributed by atoms with E-state index in [9.17, 15) is 15.0 Å². The third-order valence-electron chi connectivity index (χ3n) is 7.23. The lowest BCUT2D eigenvalue weighted by Crippen LogP contribution is -2.50. The fraction of sp³-hybridized carbons (Fsp3) is 0.526. The number of aromatic amines is 1. The van der Waals surface area contributed by atoms with E-state index in [1.165, 1.54) is 0 Å². The Morgan fingerprint density at radius 3 is 2.92 bits per heavy atom. The number of aliphatic carboxylic acids is 1. The number of para-hydroxylation sites is 1. The number of hydrogen-bond donors (Lipinski definition) is 3. The van der Waals surface area contributed by atoms with Crippen LogP contribution in [-0.2, 0) is 14.9 Å². The number of carboxylic acids is 1. The van der Waals surface area contributed by atoms with Crippen LogP contribution in [0.4, 0.5) is 0 Å². The Bertz CT molecular complexity index is 923. The zero-order valence-corrected chi connectivity index (χ0v) is 13.7. The maximum Gasteiger partial charge on any atom is 0.318 e. The van der Waals surface area contributed by atoms with E-state index < -0.39 is 23.1 Å². The highest BCUT2D eigenvalue weighted by Crippen LogP contribution is 2.63. The van der Waals surface area contributed by atoms with E-state index in [4.69, 9.17) is 4.74 Å². The van der Waals surface area contributed by atoms with E-state index in [1.54, 1.807) is 0 Å². The molecule has 1 aromatic heterocycles. The van der Waals surface area contributed by atoms with Gasteiger partial charge < -0.3 is 19.9 Å². The number of aromatic nitrogens is 1. The third-order valence-corrected chi connectivity index (χ3v) is 7.23. The average molecular weight is 340 g/mol. The first-order chi connectivity index (χ1) is 12.1. The van der Waals surface area contributed by atoms with Crippen molar-refractivity contribution < 1.29 is 19.7 Å². The Morgan fingerprint density at radius 1 is 1.28 bits per heavy atom. The summed E-state index contributed by atoms with van der Waals surface area (Å²) in [6.07, 6.45) is 1.48. The van der Waals surface area contributed by atoms with E-state index in [1.807, 2.05) is 18.2 Å². The van der Waals surface area contributed by atoms with E-state index >= 15 is 0 Å². The molecule has 3 fully saturated rings. The minimum Gasteiger partial charge on any atom is -0.480 e. The summed E-state index contributed by atoms with van der Waals surface area (Å²) in [5.41, 5.74) is 1.60. The van der Waals surface area contributed by atoms with Crippen molar-refractivity contribution >= 4 is 16.9 Å². The largest absolute Gasteiger partial charge is 0.480 e. The molecule has 4 aliphatic rings. The van der Waals surface area contributed by atoms with Gasteiger partial charge in [0.2, 0.25) is 0 Å². The van der Waals surface area contributed by atoms with Gasteiger partial charge in [-0.2, -0.15) is 0 Å². The molecule has 3 aliphatic heterocycles. The lowest BCUT2D eigenvalue weighted by molar-refractivity contribution is -0.231. The lowest BCUT2D eigenvalue weighted by atomic mass is 9.69. The molecule has 0 amide bonds. The second kappa shape index (κ2) is 4.26. The Kier molecular flexibility index (Phi) is 2.43. The van der Waals surface area contributed by atoms with Crippen LogP contribution in [0.15, 0.2) is 24.3 Å². The number of rotatable bonds is 1. The van der Waals surface area contributed by atoms with Crippen LogP contribution in [-0.4, -0.2) is 51.5 Å². The summed E-state index contributed by atoms with van der Waals surface area (Å²) in [7, 11) is 0. The highest BCUT2D eigenvalue weighted by Gasteiger charge is 2.72. The molecule has 6 rings (SSSR count). The molecular weight excluding hydrogens is 320 g/mol. The quantitative estimate of drug-likeness (QED) is 0.734. The highest BCUT2D eigenvalue weighted by molar-refractivity contribution is 5.91. The Balaban J connectivity index is 1.78. The van der Waals surface area contributed by atoms with Gasteiger partial charge in [-0.3, -0.25) is 9.69 Å². The van der Waals surface area contributed by atoms with E-state index in [0.717, 1.165) is 41.7 Å². The molecule has 2 unspecified atom stereocenters. The topological polar surface area (TPSA) is 85.8 Å². The molecule has 6 bridgehead atoms. The number of H-pyrrole nitrogens is 1. The summed E-state index contributed by atoms with van der Waals surface area (Å²) < 4.78 is 5.93. The van der Waals surface area contributed by atoms with Gasteiger partial charge in [-0.15, -0.1) is 0 Å².